The van der Waals surface area contributed by atoms with Crippen LogP contribution in [0.25, 0.3) is 0 Å². The molecule has 2 heterocycles. The largest absolute Gasteiger partial charge is 0.350 e. The molecule has 0 fully saturated rings. The number of carbonyl (C=O) groups excluding carboxylic acids is 1. The minimum absolute atomic E-state index is 0.249. The number of carbonyl (C=O) groups is 1. The van der Waals surface area contributed by atoms with E-state index in [1.807, 2.05) is 25.1 Å². The van der Waals surface area contributed by atoms with Gasteiger partial charge in [0.1, 0.15) is 5.82 Å². The van der Waals surface area contributed by atoms with Crippen LogP contribution in [0.4, 0.5) is 4.39 Å². The highest BCUT2D eigenvalue weighted by Gasteiger charge is 2.10. The molecular formula is C18H18FN5O. The van der Waals surface area contributed by atoms with E-state index >= 15 is 0 Å². The Kier molecular flexibility index (Phi) is 5.13. The van der Waals surface area contributed by atoms with Gasteiger partial charge in [-0.3, -0.25) is 9.78 Å². The van der Waals surface area contributed by atoms with Crippen LogP contribution in [0.5, 0.6) is 0 Å². The minimum atomic E-state index is -0.287. The van der Waals surface area contributed by atoms with Crippen molar-refractivity contribution in [3.05, 3.63) is 77.1 Å². The molecule has 0 unspecified atom stereocenters. The number of hydrogen-bond acceptors (Lipinski definition) is 4. The Morgan fingerprint density at radius 3 is 2.76 bits per heavy atom. The van der Waals surface area contributed by atoms with Gasteiger partial charge in [0.05, 0.1) is 12.7 Å². The fourth-order valence-electron chi connectivity index (χ4n) is 2.39. The van der Waals surface area contributed by atoms with Gasteiger partial charge in [-0.05, 0) is 36.8 Å². The van der Waals surface area contributed by atoms with Crippen LogP contribution in [-0.2, 0) is 13.0 Å². The summed E-state index contributed by atoms with van der Waals surface area (Å²) in [7, 11) is 0. The summed E-state index contributed by atoms with van der Waals surface area (Å²) < 4.78 is 14.5. The van der Waals surface area contributed by atoms with Crippen molar-refractivity contribution >= 4 is 5.91 Å². The molecule has 0 spiro atoms. The summed E-state index contributed by atoms with van der Waals surface area (Å²) in [6.45, 7) is 2.83. The number of aryl methyl sites for hydroxylation is 1. The average molecular weight is 339 g/mol. The molecule has 3 rings (SSSR count). The first-order valence-corrected chi connectivity index (χ1v) is 7.95. The quantitative estimate of drug-likeness (QED) is 0.747. The molecule has 1 amide bonds. The molecular weight excluding hydrogens is 321 g/mol. The molecule has 0 aliphatic heterocycles. The van der Waals surface area contributed by atoms with Crippen LogP contribution in [0.15, 0.2) is 48.7 Å². The molecule has 7 heteroatoms. The standard InChI is InChI=1S/C18H18FN5O/c1-13-3-2-4-16(21-13)9-10-20-18(25)17-12-24(23-22-17)11-14-5-7-15(19)8-6-14/h2-8,12H,9-11H2,1H3,(H,20,25). The SMILES string of the molecule is Cc1cccc(CCNC(=O)c2cn(Cc3ccc(F)cc3)nn2)n1. The monoisotopic (exact) mass is 339 g/mol. The summed E-state index contributed by atoms with van der Waals surface area (Å²) in [6, 6.07) is 11.9. The lowest BCUT2D eigenvalue weighted by atomic mass is 10.2. The van der Waals surface area contributed by atoms with Crippen LogP contribution in [0.2, 0.25) is 0 Å². The Morgan fingerprint density at radius 2 is 2.00 bits per heavy atom. The molecule has 0 bridgehead atoms. The fraction of sp³-hybridized carbons (Fsp3) is 0.222. The fourth-order valence-corrected chi connectivity index (χ4v) is 2.39. The second-order valence-electron chi connectivity index (χ2n) is 5.70. The first-order valence-electron chi connectivity index (χ1n) is 7.95. The predicted octanol–water partition coefficient (Wildman–Crippen LogP) is 2.14. The van der Waals surface area contributed by atoms with Gasteiger partial charge >= 0.3 is 0 Å². The average Bonchev–Trinajstić information content (AvgIpc) is 3.06. The highest BCUT2D eigenvalue weighted by Crippen LogP contribution is 2.05. The first kappa shape index (κ1) is 16.8. The number of amides is 1. The van der Waals surface area contributed by atoms with Gasteiger partial charge in [0.15, 0.2) is 5.69 Å². The minimum Gasteiger partial charge on any atom is -0.350 e. The molecule has 128 valence electrons. The molecule has 0 radical (unpaired) electrons. The summed E-state index contributed by atoms with van der Waals surface area (Å²) >= 11 is 0. The molecule has 6 nitrogen and oxygen atoms in total. The van der Waals surface area contributed by atoms with E-state index in [1.165, 1.54) is 12.1 Å². The van der Waals surface area contributed by atoms with Gasteiger partial charge in [-0.15, -0.1) is 5.10 Å². The van der Waals surface area contributed by atoms with Gasteiger partial charge in [-0.25, -0.2) is 9.07 Å². The van der Waals surface area contributed by atoms with E-state index < -0.39 is 0 Å². The summed E-state index contributed by atoms with van der Waals surface area (Å²) in [4.78, 5) is 16.5. The van der Waals surface area contributed by atoms with Gasteiger partial charge in [-0.2, -0.15) is 0 Å². The highest BCUT2D eigenvalue weighted by atomic mass is 19.1. The maximum atomic E-state index is 12.9. The number of hydrogen-bond donors (Lipinski definition) is 1. The number of rotatable bonds is 6. The molecule has 1 aromatic carbocycles. The lowest BCUT2D eigenvalue weighted by molar-refractivity contribution is 0.0949. The third-order valence-electron chi connectivity index (χ3n) is 3.64. The van der Waals surface area contributed by atoms with Crippen molar-refractivity contribution in [3.8, 4) is 0 Å². The molecule has 25 heavy (non-hydrogen) atoms. The molecule has 0 saturated heterocycles. The Hall–Kier alpha value is -3.09. The van der Waals surface area contributed by atoms with Gasteiger partial charge in [0.25, 0.3) is 5.91 Å². The van der Waals surface area contributed by atoms with Crippen LogP contribution in [0, 0.1) is 12.7 Å². The van der Waals surface area contributed by atoms with E-state index in [4.69, 9.17) is 0 Å². The molecule has 2 aromatic heterocycles. The number of nitrogens with one attached hydrogen (secondary N) is 1. The van der Waals surface area contributed by atoms with Crippen molar-refractivity contribution in [2.45, 2.75) is 19.9 Å². The normalized spacial score (nSPS) is 10.6. The predicted molar refractivity (Wildman–Crippen MR) is 90.5 cm³/mol. The Balaban J connectivity index is 1.52. The number of halogens is 1. The summed E-state index contributed by atoms with van der Waals surface area (Å²) in [5.74, 6) is -0.566. The Labute approximate surface area is 144 Å². The first-order chi connectivity index (χ1) is 12.1. The second kappa shape index (κ2) is 7.65. The molecule has 3 aromatic rings. The van der Waals surface area contributed by atoms with Crippen molar-refractivity contribution in [1.29, 1.82) is 0 Å². The topological polar surface area (TPSA) is 72.7 Å². The number of aromatic nitrogens is 4. The number of nitrogens with zero attached hydrogens (tertiary/aromatic N) is 4. The van der Waals surface area contributed by atoms with E-state index in [1.54, 1.807) is 23.0 Å². The Morgan fingerprint density at radius 1 is 1.20 bits per heavy atom. The maximum Gasteiger partial charge on any atom is 0.273 e. The van der Waals surface area contributed by atoms with Crippen LogP contribution >= 0.6 is 0 Å². The van der Waals surface area contributed by atoms with Gasteiger partial charge in [-0.1, -0.05) is 23.4 Å². The van der Waals surface area contributed by atoms with Crippen molar-refractivity contribution in [2.75, 3.05) is 6.54 Å². The lowest BCUT2D eigenvalue weighted by Crippen LogP contribution is -2.26. The third-order valence-corrected chi connectivity index (χ3v) is 3.64. The summed E-state index contributed by atoms with van der Waals surface area (Å²) in [5.41, 5.74) is 3.01. The van der Waals surface area contributed by atoms with Gasteiger partial charge < -0.3 is 5.32 Å². The van der Waals surface area contributed by atoms with Crippen LogP contribution in [0.1, 0.15) is 27.4 Å². The lowest BCUT2D eigenvalue weighted by Gasteiger charge is -2.03. The van der Waals surface area contributed by atoms with E-state index in [2.05, 4.69) is 20.6 Å². The zero-order valence-corrected chi connectivity index (χ0v) is 13.8. The zero-order chi connectivity index (χ0) is 17.6. The molecule has 0 atom stereocenters. The molecule has 0 saturated carbocycles. The van der Waals surface area contributed by atoms with Crippen molar-refractivity contribution in [1.82, 2.24) is 25.3 Å². The summed E-state index contributed by atoms with van der Waals surface area (Å²) in [6.07, 6.45) is 2.22. The highest BCUT2D eigenvalue weighted by molar-refractivity contribution is 5.91. The van der Waals surface area contributed by atoms with E-state index in [-0.39, 0.29) is 17.4 Å². The number of pyridine rings is 1. The van der Waals surface area contributed by atoms with Crippen molar-refractivity contribution in [2.24, 2.45) is 0 Å². The van der Waals surface area contributed by atoms with Crippen molar-refractivity contribution < 1.29 is 9.18 Å². The third kappa shape index (κ3) is 4.69. The van der Waals surface area contributed by atoms with E-state index in [9.17, 15) is 9.18 Å². The second-order valence-corrected chi connectivity index (χ2v) is 5.70. The van der Waals surface area contributed by atoms with Crippen LogP contribution in [0.3, 0.4) is 0 Å². The van der Waals surface area contributed by atoms with Gasteiger partial charge in [0, 0.05) is 24.4 Å². The zero-order valence-electron chi connectivity index (χ0n) is 13.8. The molecule has 1 N–H and O–H groups in total. The Bertz CT molecular complexity index is 860. The van der Waals surface area contributed by atoms with Crippen LogP contribution in [-0.4, -0.2) is 32.4 Å². The van der Waals surface area contributed by atoms with E-state index in [0.717, 1.165) is 17.0 Å². The smallest absolute Gasteiger partial charge is 0.273 e. The van der Waals surface area contributed by atoms with E-state index in [0.29, 0.717) is 19.5 Å². The molecule has 0 aliphatic rings. The molecule has 0 aliphatic carbocycles. The number of benzene rings is 1. The van der Waals surface area contributed by atoms with Gasteiger partial charge in [0.2, 0.25) is 0 Å². The van der Waals surface area contributed by atoms with Crippen LogP contribution < -0.4 is 5.32 Å². The van der Waals surface area contributed by atoms with Crippen molar-refractivity contribution in [3.63, 3.8) is 0 Å². The summed E-state index contributed by atoms with van der Waals surface area (Å²) in [5, 5.41) is 10.6. The maximum absolute atomic E-state index is 12.9.